The van der Waals surface area contributed by atoms with Gasteiger partial charge in [0.05, 0.1) is 0 Å². The summed E-state index contributed by atoms with van der Waals surface area (Å²) in [6.45, 7) is 3.06. The van der Waals surface area contributed by atoms with Crippen LogP contribution in [0.15, 0.2) is 42.0 Å². The number of halogens is 1. The van der Waals surface area contributed by atoms with Crippen LogP contribution in [-0.4, -0.2) is 36.5 Å². The van der Waals surface area contributed by atoms with Crippen molar-refractivity contribution in [1.82, 2.24) is 10.2 Å². The second-order valence-electron chi connectivity index (χ2n) is 8.86. The summed E-state index contributed by atoms with van der Waals surface area (Å²) in [6, 6.07) is 7.46. The molecule has 1 aliphatic heterocycles. The zero-order valence-corrected chi connectivity index (χ0v) is 17.3. The summed E-state index contributed by atoms with van der Waals surface area (Å²) in [5.41, 5.74) is 2.91. The van der Waals surface area contributed by atoms with E-state index in [1.54, 1.807) is 12.1 Å². The zero-order chi connectivity index (χ0) is 20.1. The molecule has 1 fully saturated rings. The van der Waals surface area contributed by atoms with Crippen molar-refractivity contribution >= 4 is 11.5 Å². The number of nitrogens with zero attached hydrogens (tertiary/aromatic N) is 1. The molecule has 1 saturated carbocycles. The van der Waals surface area contributed by atoms with Gasteiger partial charge in [0.2, 0.25) is 5.91 Å². The van der Waals surface area contributed by atoms with Gasteiger partial charge in [-0.05, 0) is 81.9 Å². The molecule has 1 amide bonds. The maximum absolute atomic E-state index is 14.0. The predicted octanol–water partition coefficient (Wildman–Crippen LogP) is 5.09. The monoisotopic (exact) mass is 396 g/mol. The first-order valence-corrected chi connectivity index (χ1v) is 11.4. The van der Waals surface area contributed by atoms with Crippen molar-refractivity contribution < 1.29 is 9.18 Å². The summed E-state index contributed by atoms with van der Waals surface area (Å²) in [5, 5.41) is 3.26. The predicted molar refractivity (Wildman–Crippen MR) is 116 cm³/mol. The van der Waals surface area contributed by atoms with Crippen LogP contribution in [0.25, 0.3) is 5.57 Å². The molecule has 4 rings (SSSR count). The van der Waals surface area contributed by atoms with Gasteiger partial charge in [-0.1, -0.05) is 30.4 Å². The average Bonchev–Trinajstić information content (AvgIpc) is 3.29. The third kappa shape index (κ3) is 5.36. The molecule has 4 heteroatoms. The first kappa shape index (κ1) is 20.3. The molecule has 29 heavy (non-hydrogen) atoms. The van der Waals surface area contributed by atoms with Crippen LogP contribution >= 0.6 is 0 Å². The molecule has 3 aliphatic rings. The fourth-order valence-electron chi connectivity index (χ4n) is 5.00. The Balaban J connectivity index is 1.17. The Morgan fingerprint density at radius 1 is 1.10 bits per heavy atom. The molecule has 3 nitrogen and oxygen atoms in total. The Kier molecular flexibility index (Phi) is 6.81. The summed E-state index contributed by atoms with van der Waals surface area (Å²) in [6.07, 6.45) is 14.3. The molecule has 1 aromatic carbocycles. The third-order valence-electron chi connectivity index (χ3n) is 6.88. The van der Waals surface area contributed by atoms with Crippen LogP contribution in [0.1, 0.15) is 63.4 Å². The van der Waals surface area contributed by atoms with Crippen molar-refractivity contribution in [2.24, 2.45) is 5.92 Å². The smallest absolute Gasteiger partial charge is 0.247 e. The van der Waals surface area contributed by atoms with Gasteiger partial charge in [-0.2, -0.15) is 0 Å². The summed E-state index contributed by atoms with van der Waals surface area (Å²) >= 11 is 0. The summed E-state index contributed by atoms with van der Waals surface area (Å²) in [5.74, 6) is 0.836. The van der Waals surface area contributed by atoms with Gasteiger partial charge in [-0.25, -0.2) is 4.39 Å². The van der Waals surface area contributed by atoms with Crippen LogP contribution in [0.4, 0.5) is 4.39 Å². The maximum atomic E-state index is 14.0. The van der Waals surface area contributed by atoms with E-state index in [4.69, 9.17) is 0 Å². The number of carbonyl (C=O) groups is 1. The van der Waals surface area contributed by atoms with E-state index in [0.29, 0.717) is 6.04 Å². The first-order chi connectivity index (χ1) is 14.2. The van der Waals surface area contributed by atoms with Crippen molar-refractivity contribution in [3.8, 4) is 0 Å². The maximum Gasteiger partial charge on any atom is 0.247 e. The van der Waals surface area contributed by atoms with Gasteiger partial charge in [0.15, 0.2) is 0 Å². The lowest BCUT2D eigenvalue weighted by Crippen LogP contribution is -2.38. The highest BCUT2D eigenvalue weighted by molar-refractivity contribution is 5.93. The van der Waals surface area contributed by atoms with Gasteiger partial charge >= 0.3 is 0 Å². The van der Waals surface area contributed by atoms with Crippen molar-refractivity contribution in [3.63, 3.8) is 0 Å². The summed E-state index contributed by atoms with van der Waals surface area (Å²) in [4.78, 5) is 14.8. The molecular formula is C25H33FN2O. The van der Waals surface area contributed by atoms with Crippen LogP contribution in [0.3, 0.4) is 0 Å². The highest BCUT2D eigenvalue weighted by Crippen LogP contribution is 2.29. The fourth-order valence-corrected chi connectivity index (χ4v) is 5.00. The van der Waals surface area contributed by atoms with Gasteiger partial charge < -0.3 is 5.32 Å². The van der Waals surface area contributed by atoms with E-state index in [1.165, 1.54) is 19.3 Å². The zero-order valence-electron chi connectivity index (χ0n) is 17.3. The highest BCUT2D eigenvalue weighted by atomic mass is 19.1. The molecule has 156 valence electrons. The lowest BCUT2D eigenvalue weighted by Gasteiger charge is -2.32. The average molecular weight is 397 g/mol. The largest absolute Gasteiger partial charge is 0.350 e. The molecule has 0 bridgehead atoms. The van der Waals surface area contributed by atoms with E-state index >= 15 is 0 Å². The molecule has 0 radical (unpaired) electrons. The lowest BCUT2D eigenvalue weighted by atomic mass is 9.84. The topological polar surface area (TPSA) is 32.3 Å². The Bertz CT molecular complexity index is 777. The number of rotatable bonds is 6. The molecule has 0 aromatic heterocycles. The molecule has 1 heterocycles. The number of benzene rings is 1. The molecule has 0 atom stereocenters. The number of amides is 1. The number of allylic oxidation sites excluding steroid dienone is 1. The quantitative estimate of drug-likeness (QED) is 0.726. The normalized spacial score (nSPS) is 25.4. The van der Waals surface area contributed by atoms with Crippen LogP contribution in [0, 0.1) is 11.7 Å². The molecule has 2 aliphatic carbocycles. The molecule has 1 N–H and O–H groups in total. The third-order valence-corrected chi connectivity index (χ3v) is 6.88. The second kappa shape index (κ2) is 9.71. The van der Waals surface area contributed by atoms with Crippen molar-refractivity contribution in [2.75, 3.05) is 19.6 Å². The highest BCUT2D eigenvalue weighted by Gasteiger charge is 2.24. The van der Waals surface area contributed by atoms with Crippen LogP contribution in [0.2, 0.25) is 0 Å². The minimum atomic E-state index is -0.111. The Labute approximate surface area is 174 Å². The van der Waals surface area contributed by atoms with E-state index in [9.17, 15) is 9.18 Å². The van der Waals surface area contributed by atoms with E-state index in [-0.39, 0.29) is 11.7 Å². The Morgan fingerprint density at radius 3 is 2.62 bits per heavy atom. The second-order valence-corrected chi connectivity index (χ2v) is 8.86. The lowest BCUT2D eigenvalue weighted by molar-refractivity contribution is -0.118. The number of nitrogens with one attached hydrogen (secondary N) is 1. The van der Waals surface area contributed by atoms with Crippen LogP contribution in [0.5, 0.6) is 0 Å². The minimum Gasteiger partial charge on any atom is -0.350 e. The minimum absolute atomic E-state index is 0.111. The molecule has 0 unspecified atom stereocenters. The molecule has 0 saturated heterocycles. The summed E-state index contributed by atoms with van der Waals surface area (Å²) in [7, 11) is 0. The molecule has 0 spiro atoms. The standard InChI is InChI=1S/C25H33FN2O/c26-24-8-4-3-7-23(24)20-14-17-28(18-15-20)16-13-19-9-11-22(12-10-19)27-25(29)21-5-1-2-6-21/h3-5,7-8,14,19,22H,1-2,6,9-13,15-18H2,(H,27,29). The number of carbonyl (C=O) groups excluding carboxylic acids is 1. The van der Waals surface area contributed by atoms with Crippen LogP contribution < -0.4 is 5.32 Å². The molecule has 1 aromatic rings. The van der Waals surface area contributed by atoms with Gasteiger partial charge in [-0.15, -0.1) is 0 Å². The Hall–Kier alpha value is -1.94. The SMILES string of the molecule is O=C(NC1CCC(CCN2CC=C(c3ccccc3F)CC2)CC1)C1=CCCC1. The summed E-state index contributed by atoms with van der Waals surface area (Å²) < 4.78 is 14.0. The number of hydrogen-bond donors (Lipinski definition) is 1. The van der Waals surface area contributed by atoms with E-state index < -0.39 is 0 Å². The number of hydrogen-bond acceptors (Lipinski definition) is 2. The Morgan fingerprint density at radius 2 is 1.93 bits per heavy atom. The van der Waals surface area contributed by atoms with E-state index in [1.807, 2.05) is 12.1 Å². The van der Waals surface area contributed by atoms with Gasteiger partial charge in [0.25, 0.3) is 0 Å². The fraction of sp³-hybridized carbons (Fsp3) is 0.560. The first-order valence-electron chi connectivity index (χ1n) is 11.4. The van der Waals surface area contributed by atoms with E-state index in [0.717, 1.165) is 80.8 Å². The van der Waals surface area contributed by atoms with Gasteiger partial charge in [-0.3, -0.25) is 9.69 Å². The van der Waals surface area contributed by atoms with Crippen molar-refractivity contribution in [3.05, 3.63) is 53.4 Å². The van der Waals surface area contributed by atoms with Crippen LogP contribution in [-0.2, 0) is 4.79 Å². The van der Waals surface area contributed by atoms with Gasteiger partial charge in [0, 0.05) is 30.3 Å². The molecular weight excluding hydrogens is 363 g/mol. The van der Waals surface area contributed by atoms with E-state index in [2.05, 4.69) is 22.4 Å². The van der Waals surface area contributed by atoms with Crippen molar-refractivity contribution in [2.45, 2.75) is 63.8 Å². The van der Waals surface area contributed by atoms with Gasteiger partial charge in [0.1, 0.15) is 5.82 Å². The van der Waals surface area contributed by atoms with Crippen molar-refractivity contribution in [1.29, 1.82) is 0 Å².